The van der Waals surface area contributed by atoms with Crippen molar-refractivity contribution in [2.45, 2.75) is 19.1 Å². The third-order valence-electron chi connectivity index (χ3n) is 3.93. The smallest absolute Gasteiger partial charge is 0.434 e. The van der Waals surface area contributed by atoms with Crippen LogP contribution in [-0.2, 0) is 19.1 Å². The number of methoxy groups -OCH3 is 3. The van der Waals surface area contributed by atoms with Gasteiger partial charge in [0.1, 0.15) is 5.75 Å². The average molecular weight is 432 g/mol. The Morgan fingerprint density at radius 3 is 2.28 bits per heavy atom. The van der Waals surface area contributed by atoms with E-state index in [2.05, 4.69) is 20.6 Å². The lowest BCUT2D eigenvalue weighted by Crippen LogP contribution is -2.37. The number of nitrogens with zero attached hydrogens (tertiary/aromatic N) is 2. The van der Waals surface area contributed by atoms with Crippen LogP contribution in [0.15, 0.2) is 22.5 Å². The zero-order valence-electron chi connectivity index (χ0n) is 16.5. The molecule has 0 aliphatic heterocycles. The molecule has 0 fully saturated rings. The Morgan fingerprint density at radius 1 is 1.07 bits per heavy atom. The SMILES string of the molecule is CN=C(NCCc1nc(C(F)(F)F)cs1)NCc1cc(OC)c(OC)cc1OC. The third-order valence-corrected chi connectivity index (χ3v) is 4.84. The van der Waals surface area contributed by atoms with E-state index in [-0.39, 0.29) is 0 Å². The molecule has 0 saturated heterocycles. The Balaban J connectivity index is 1.93. The molecule has 160 valence electrons. The van der Waals surface area contributed by atoms with Gasteiger partial charge >= 0.3 is 6.18 Å². The molecule has 2 aromatic rings. The molecule has 0 aliphatic rings. The molecule has 1 aromatic heterocycles. The fourth-order valence-electron chi connectivity index (χ4n) is 2.47. The summed E-state index contributed by atoms with van der Waals surface area (Å²) in [5.74, 6) is 2.23. The maximum Gasteiger partial charge on any atom is 0.434 e. The first-order chi connectivity index (χ1) is 13.8. The predicted octanol–water partition coefficient (Wildman–Crippen LogP) is 3.10. The van der Waals surface area contributed by atoms with Gasteiger partial charge in [-0.15, -0.1) is 11.3 Å². The second-order valence-electron chi connectivity index (χ2n) is 5.75. The number of thiazole rings is 1. The van der Waals surface area contributed by atoms with Gasteiger partial charge in [0.2, 0.25) is 0 Å². The van der Waals surface area contributed by atoms with Crippen LogP contribution in [0.5, 0.6) is 17.2 Å². The Hall–Kier alpha value is -2.69. The van der Waals surface area contributed by atoms with Crippen LogP contribution in [0.3, 0.4) is 0 Å². The van der Waals surface area contributed by atoms with Crippen LogP contribution in [-0.4, -0.2) is 45.9 Å². The lowest BCUT2D eigenvalue weighted by Gasteiger charge is -2.16. The Bertz CT molecular complexity index is 840. The van der Waals surface area contributed by atoms with E-state index in [0.717, 1.165) is 22.3 Å². The highest BCUT2D eigenvalue weighted by Gasteiger charge is 2.33. The normalized spacial score (nSPS) is 11.9. The molecule has 0 saturated carbocycles. The van der Waals surface area contributed by atoms with Crippen molar-refractivity contribution in [3.8, 4) is 17.2 Å². The second kappa shape index (κ2) is 10.2. The van der Waals surface area contributed by atoms with E-state index < -0.39 is 11.9 Å². The van der Waals surface area contributed by atoms with Crippen LogP contribution in [0.25, 0.3) is 0 Å². The van der Waals surface area contributed by atoms with E-state index in [1.54, 1.807) is 40.5 Å². The van der Waals surface area contributed by atoms with Crippen molar-refractivity contribution in [1.29, 1.82) is 0 Å². The molecule has 1 heterocycles. The van der Waals surface area contributed by atoms with Gasteiger partial charge in [0.25, 0.3) is 0 Å². The number of halogens is 3. The minimum Gasteiger partial charge on any atom is -0.496 e. The number of aliphatic imine (C=N–C) groups is 1. The minimum atomic E-state index is -4.42. The molecule has 1 aromatic carbocycles. The monoisotopic (exact) mass is 432 g/mol. The van der Waals surface area contributed by atoms with Crippen LogP contribution in [0.4, 0.5) is 13.2 Å². The molecular weight excluding hydrogens is 409 g/mol. The van der Waals surface area contributed by atoms with Crippen molar-refractivity contribution in [1.82, 2.24) is 15.6 Å². The number of benzene rings is 1. The van der Waals surface area contributed by atoms with E-state index in [0.29, 0.717) is 47.7 Å². The van der Waals surface area contributed by atoms with Crippen molar-refractivity contribution < 1.29 is 27.4 Å². The van der Waals surface area contributed by atoms with Gasteiger partial charge in [0.05, 0.1) is 26.3 Å². The maximum absolute atomic E-state index is 12.6. The fourth-order valence-corrected chi connectivity index (χ4v) is 3.28. The van der Waals surface area contributed by atoms with Crippen molar-refractivity contribution in [2.75, 3.05) is 34.9 Å². The Labute approximate surface area is 170 Å². The summed E-state index contributed by atoms with van der Waals surface area (Å²) in [6, 6.07) is 3.53. The number of nitrogens with one attached hydrogen (secondary N) is 2. The van der Waals surface area contributed by atoms with Crippen molar-refractivity contribution in [2.24, 2.45) is 4.99 Å². The first-order valence-electron chi connectivity index (χ1n) is 8.57. The summed E-state index contributed by atoms with van der Waals surface area (Å²) in [6.07, 6.45) is -4.07. The van der Waals surface area contributed by atoms with Gasteiger partial charge in [-0.3, -0.25) is 4.99 Å². The molecule has 0 unspecified atom stereocenters. The lowest BCUT2D eigenvalue weighted by atomic mass is 10.1. The summed E-state index contributed by atoms with van der Waals surface area (Å²) >= 11 is 0.985. The highest BCUT2D eigenvalue weighted by molar-refractivity contribution is 7.09. The molecule has 0 spiro atoms. The number of hydrogen-bond acceptors (Lipinski definition) is 6. The van der Waals surface area contributed by atoms with E-state index in [1.165, 1.54) is 0 Å². The number of hydrogen-bond donors (Lipinski definition) is 2. The van der Waals surface area contributed by atoms with Gasteiger partial charge in [-0.1, -0.05) is 0 Å². The molecule has 2 rings (SSSR count). The van der Waals surface area contributed by atoms with E-state index >= 15 is 0 Å². The summed E-state index contributed by atoms with van der Waals surface area (Å²) in [7, 11) is 6.25. The zero-order chi connectivity index (χ0) is 21.4. The largest absolute Gasteiger partial charge is 0.496 e. The summed E-state index contributed by atoms with van der Waals surface area (Å²) in [6.45, 7) is 0.770. The van der Waals surface area contributed by atoms with Crippen molar-refractivity contribution in [3.05, 3.63) is 33.8 Å². The Morgan fingerprint density at radius 2 is 1.72 bits per heavy atom. The maximum atomic E-state index is 12.6. The number of ether oxygens (including phenoxy) is 3. The second-order valence-corrected chi connectivity index (χ2v) is 6.69. The fraction of sp³-hybridized carbons (Fsp3) is 0.444. The topological polar surface area (TPSA) is 77.0 Å². The number of guanidine groups is 1. The molecule has 0 amide bonds. The van der Waals surface area contributed by atoms with Gasteiger partial charge in [-0.25, -0.2) is 4.98 Å². The van der Waals surface area contributed by atoms with E-state index in [1.807, 2.05) is 0 Å². The molecule has 0 atom stereocenters. The van der Waals surface area contributed by atoms with Gasteiger partial charge in [-0.2, -0.15) is 13.2 Å². The lowest BCUT2D eigenvalue weighted by molar-refractivity contribution is -0.140. The van der Waals surface area contributed by atoms with Gasteiger partial charge in [0.15, 0.2) is 23.2 Å². The predicted molar refractivity (Wildman–Crippen MR) is 105 cm³/mol. The van der Waals surface area contributed by atoms with Crippen LogP contribution in [0, 0.1) is 0 Å². The van der Waals surface area contributed by atoms with Gasteiger partial charge in [-0.05, 0) is 6.07 Å². The van der Waals surface area contributed by atoms with Crippen molar-refractivity contribution >= 4 is 17.3 Å². The van der Waals surface area contributed by atoms with Crippen LogP contribution >= 0.6 is 11.3 Å². The quantitative estimate of drug-likeness (QED) is 0.493. The first kappa shape index (κ1) is 22.6. The highest BCUT2D eigenvalue weighted by atomic mass is 32.1. The number of aromatic nitrogens is 1. The minimum absolute atomic E-state index is 0.348. The first-order valence-corrected chi connectivity index (χ1v) is 9.45. The molecule has 0 radical (unpaired) electrons. The molecule has 0 aliphatic carbocycles. The molecule has 0 bridgehead atoms. The standard InChI is InChI=1S/C18H23F3N4O3S/c1-22-17(23-6-5-16-25-15(10-29-16)18(19,20)21)24-9-11-7-13(27-3)14(28-4)8-12(11)26-2/h7-8,10H,5-6,9H2,1-4H3,(H2,22,23,24). The van der Waals surface area contributed by atoms with Crippen molar-refractivity contribution in [3.63, 3.8) is 0 Å². The third kappa shape index (κ3) is 6.14. The zero-order valence-corrected chi connectivity index (χ0v) is 17.3. The molecule has 2 N–H and O–H groups in total. The molecular formula is C18H23F3N4O3S. The van der Waals surface area contributed by atoms with Crippen LogP contribution in [0.1, 0.15) is 16.3 Å². The van der Waals surface area contributed by atoms with Gasteiger partial charge in [0, 0.05) is 43.6 Å². The average Bonchev–Trinajstić information content (AvgIpc) is 3.19. The summed E-state index contributed by atoms with van der Waals surface area (Å²) in [5, 5.41) is 7.61. The number of alkyl halides is 3. The Kier molecular flexibility index (Phi) is 7.94. The van der Waals surface area contributed by atoms with E-state index in [9.17, 15) is 13.2 Å². The van der Waals surface area contributed by atoms with Gasteiger partial charge < -0.3 is 24.8 Å². The summed E-state index contributed by atoms with van der Waals surface area (Å²) < 4.78 is 53.8. The van der Waals surface area contributed by atoms with Crippen LogP contribution < -0.4 is 24.8 Å². The molecule has 7 nitrogen and oxygen atoms in total. The van der Waals surface area contributed by atoms with Crippen LogP contribution in [0.2, 0.25) is 0 Å². The highest BCUT2D eigenvalue weighted by Crippen LogP contribution is 2.34. The summed E-state index contributed by atoms with van der Waals surface area (Å²) in [4.78, 5) is 7.72. The number of rotatable bonds is 8. The van der Waals surface area contributed by atoms with E-state index in [4.69, 9.17) is 14.2 Å². The molecule has 11 heteroatoms. The molecule has 29 heavy (non-hydrogen) atoms. The summed E-state index contributed by atoms with van der Waals surface area (Å²) in [5.41, 5.74) is -0.0385.